The molecular formula is C13H18ClN3O. The predicted molar refractivity (Wildman–Crippen MR) is 72.0 cm³/mol. The van der Waals surface area contributed by atoms with Crippen LogP contribution in [-0.2, 0) is 0 Å². The molecule has 98 valence electrons. The van der Waals surface area contributed by atoms with Gasteiger partial charge in [0.15, 0.2) is 0 Å². The first-order valence-corrected chi connectivity index (χ1v) is 6.00. The SMILES string of the molecule is Cc1cc(C#N)cc(OCC2CCNCC2)n1.Cl. The molecule has 1 aliphatic rings. The zero-order valence-corrected chi connectivity index (χ0v) is 11.3. The summed E-state index contributed by atoms with van der Waals surface area (Å²) in [7, 11) is 0. The van der Waals surface area contributed by atoms with E-state index in [4.69, 9.17) is 10.00 Å². The number of hydrogen-bond donors (Lipinski definition) is 1. The topological polar surface area (TPSA) is 57.9 Å². The van der Waals surface area contributed by atoms with Crippen LogP contribution < -0.4 is 10.1 Å². The maximum absolute atomic E-state index is 8.86. The highest BCUT2D eigenvalue weighted by molar-refractivity contribution is 5.85. The maximum atomic E-state index is 8.86. The third-order valence-electron chi connectivity index (χ3n) is 2.98. The number of aryl methyl sites for hydroxylation is 1. The lowest BCUT2D eigenvalue weighted by Gasteiger charge is -2.22. The zero-order valence-electron chi connectivity index (χ0n) is 10.5. The van der Waals surface area contributed by atoms with E-state index in [1.54, 1.807) is 12.1 Å². The minimum atomic E-state index is 0. The second kappa shape index (κ2) is 7.20. The van der Waals surface area contributed by atoms with E-state index >= 15 is 0 Å². The highest BCUT2D eigenvalue weighted by Gasteiger charge is 2.14. The zero-order chi connectivity index (χ0) is 12.1. The quantitative estimate of drug-likeness (QED) is 0.911. The van der Waals surface area contributed by atoms with Gasteiger partial charge in [0.2, 0.25) is 5.88 Å². The van der Waals surface area contributed by atoms with Gasteiger partial charge in [-0.2, -0.15) is 5.26 Å². The van der Waals surface area contributed by atoms with Gasteiger partial charge >= 0.3 is 0 Å². The summed E-state index contributed by atoms with van der Waals surface area (Å²) in [5.74, 6) is 1.17. The van der Waals surface area contributed by atoms with Gasteiger partial charge in [-0.3, -0.25) is 0 Å². The summed E-state index contributed by atoms with van der Waals surface area (Å²) < 4.78 is 5.68. The van der Waals surface area contributed by atoms with Crippen LogP contribution in [0.1, 0.15) is 24.1 Å². The summed E-state index contributed by atoms with van der Waals surface area (Å²) in [5, 5.41) is 12.2. The van der Waals surface area contributed by atoms with Crippen molar-refractivity contribution in [1.82, 2.24) is 10.3 Å². The van der Waals surface area contributed by atoms with Crippen LogP contribution in [0.2, 0.25) is 0 Å². The Balaban J connectivity index is 0.00000162. The summed E-state index contributed by atoms with van der Waals surface area (Å²) in [6, 6.07) is 5.58. The molecule has 18 heavy (non-hydrogen) atoms. The lowest BCUT2D eigenvalue weighted by molar-refractivity contribution is 0.208. The fraction of sp³-hybridized carbons (Fsp3) is 0.538. The minimum absolute atomic E-state index is 0. The van der Waals surface area contributed by atoms with E-state index < -0.39 is 0 Å². The molecule has 0 atom stereocenters. The summed E-state index contributed by atoms with van der Waals surface area (Å²) in [5.41, 5.74) is 1.43. The molecule has 0 aliphatic carbocycles. The molecule has 1 aliphatic heterocycles. The third kappa shape index (κ3) is 4.17. The van der Waals surface area contributed by atoms with Crippen molar-refractivity contribution in [1.29, 1.82) is 5.26 Å². The lowest BCUT2D eigenvalue weighted by Crippen LogP contribution is -2.30. The smallest absolute Gasteiger partial charge is 0.214 e. The molecule has 2 rings (SSSR count). The summed E-state index contributed by atoms with van der Waals surface area (Å²) >= 11 is 0. The Labute approximate surface area is 114 Å². The van der Waals surface area contributed by atoms with Crippen LogP contribution in [0.25, 0.3) is 0 Å². The highest BCUT2D eigenvalue weighted by atomic mass is 35.5. The maximum Gasteiger partial charge on any atom is 0.214 e. The van der Waals surface area contributed by atoms with E-state index in [1.807, 2.05) is 6.92 Å². The van der Waals surface area contributed by atoms with Crippen LogP contribution >= 0.6 is 12.4 Å². The molecule has 0 bridgehead atoms. The second-order valence-electron chi connectivity index (χ2n) is 4.45. The number of piperidine rings is 1. The highest BCUT2D eigenvalue weighted by Crippen LogP contribution is 2.16. The van der Waals surface area contributed by atoms with Crippen molar-refractivity contribution in [2.24, 2.45) is 5.92 Å². The number of ether oxygens (including phenoxy) is 1. The predicted octanol–water partition coefficient (Wildman–Crippen LogP) is 2.06. The molecule has 0 amide bonds. The molecule has 1 saturated heterocycles. The number of pyridine rings is 1. The van der Waals surface area contributed by atoms with Crippen molar-refractivity contribution in [2.75, 3.05) is 19.7 Å². The van der Waals surface area contributed by atoms with E-state index in [1.165, 1.54) is 0 Å². The molecule has 0 radical (unpaired) electrons. The minimum Gasteiger partial charge on any atom is -0.477 e. The van der Waals surface area contributed by atoms with Crippen LogP contribution in [-0.4, -0.2) is 24.7 Å². The largest absolute Gasteiger partial charge is 0.477 e. The van der Waals surface area contributed by atoms with Gasteiger partial charge in [-0.15, -0.1) is 12.4 Å². The molecule has 1 aromatic heterocycles. The first kappa shape index (κ1) is 14.7. The van der Waals surface area contributed by atoms with E-state index in [2.05, 4.69) is 16.4 Å². The molecule has 0 spiro atoms. The Morgan fingerprint density at radius 1 is 1.44 bits per heavy atom. The molecule has 1 N–H and O–H groups in total. The Hall–Kier alpha value is -1.31. The Morgan fingerprint density at radius 3 is 2.83 bits per heavy atom. The van der Waals surface area contributed by atoms with Crippen LogP contribution in [0, 0.1) is 24.2 Å². The molecular weight excluding hydrogens is 250 g/mol. The molecule has 4 nitrogen and oxygen atoms in total. The van der Waals surface area contributed by atoms with Crippen molar-refractivity contribution in [3.05, 3.63) is 23.4 Å². The van der Waals surface area contributed by atoms with Gasteiger partial charge in [0.05, 0.1) is 18.2 Å². The molecule has 2 heterocycles. The van der Waals surface area contributed by atoms with E-state index in [-0.39, 0.29) is 12.4 Å². The fourth-order valence-corrected chi connectivity index (χ4v) is 2.03. The molecule has 1 fully saturated rings. The average molecular weight is 268 g/mol. The van der Waals surface area contributed by atoms with Crippen molar-refractivity contribution >= 4 is 12.4 Å². The van der Waals surface area contributed by atoms with Gasteiger partial charge < -0.3 is 10.1 Å². The van der Waals surface area contributed by atoms with Gasteiger partial charge in [-0.05, 0) is 44.8 Å². The van der Waals surface area contributed by atoms with E-state index in [0.717, 1.165) is 31.6 Å². The van der Waals surface area contributed by atoms with Gasteiger partial charge in [0.1, 0.15) is 0 Å². The van der Waals surface area contributed by atoms with Gasteiger partial charge in [-0.1, -0.05) is 0 Å². The van der Waals surface area contributed by atoms with Crippen molar-refractivity contribution in [2.45, 2.75) is 19.8 Å². The number of hydrogen-bond acceptors (Lipinski definition) is 4. The normalized spacial score (nSPS) is 15.6. The molecule has 0 unspecified atom stereocenters. The van der Waals surface area contributed by atoms with E-state index in [9.17, 15) is 0 Å². The standard InChI is InChI=1S/C13H17N3O.ClH/c1-10-6-12(8-14)7-13(16-10)17-9-11-2-4-15-5-3-11;/h6-7,11,15H,2-5,9H2,1H3;1H. The number of halogens is 1. The third-order valence-corrected chi connectivity index (χ3v) is 2.98. The second-order valence-corrected chi connectivity index (χ2v) is 4.45. The number of nitrogens with one attached hydrogen (secondary N) is 1. The average Bonchev–Trinajstić information content (AvgIpc) is 2.37. The number of nitrogens with zero attached hydrogens (tertiary/aromatic N) is 2. The van der Waals surface area contributed by atoms with Crippen LogP contribution in [0.3, 0.4) is 0 Å². The molecule has 0 aromatic carbocycles. The summed E-state index contributed by atoms with van der Waals surface area (Å²) in [4.78, 5) is 4.28. The summed E-state index contributed by atoms with van der Waals surface area (Å²) in [6.45, 7) is 4.71. The van der Waals surface area contributed by atoms with Crippen molar-refractivity contribution in [3.63, 3.8) is 0 Å². The van der Waals surface area contributed by atoms with Gasteiger partial charge in [-0.25, -0.2) is 4.98 Å². The first-order valence-electron chi connectivity index (χ1n) is 6.00. The molecule has 0 saturated carbocycles. The molecule has 1 aromatic rings. The number of rotatable bonds is 3. The van der Waals surface area contributed by atoms with Crippen molar-refractivity contribution < 1.29 is 4.74 Å². The summed E-state index contributed by atoms with van der Waals surface area (Å²) in [6.07, 6.45) is 2.30. The first-order chi connectivity index (χ1) is 8.28. The Kier molecular flexibility index (Phi) is 5.90. The van der Waals surface area contributed by atoms with Gasteiger partial charge in [0.25, 0.3) is 0 Å². The van der Waals surface area contributed by atoms with Crippen LogP contribution in [0.4, 0.5) is 0 Å². The Bertz CT molecular complexity index is 425. The monoisotopic (exact) mass is 267 g/mol. The van der Waals surface area contributed by atoms with Gasteiger partial charge in [0, 0.05) is 11.8 Å². The Morgan fingerprint density at radius 2 is 2.17 bits per heavy atom. The number of nitriles is 1. The van der Waals surface area contributed by atoms with Crippen LogP contribution in [0.5, 0.6) is 5.88 Å². The number of aromatic nitrogens is 1. The van der Waals surface area contributed by atoms with Crippen LogP contribution in [0.15, 0.2) is 12.1 Å². The van der Waals surface area contributed by atoms with E-state index in [0.29, 0.717) is 24.0 Å². The lowest BCUT2D eigenvalue weighted by atomic mass is 9.99. The fourth-order valence-electron chi connectivity index (χ4n) is 2.03. The van der Waals surface area contributed by atoms with Crippen molar-refractivity contribution in [3.8, 4) is 11.9 Å². The molecule has 5 heteroatoms.